The number of aryl methyl sites for hydroxylation is 2. The fourth-order valence-electron chi connectivity index (χ4n) is 3.95. The molecule has 5 aromatic rings. The lowest BCUT2D eigenvalue weighted by molar-refractivity contribution is 0.965. The molecule has 0 aliphatic rings. The molecule has 144 valence electrons. The van der Waals surface area contributed by atoms with Gasteiger partial charge in [-0.1, -0.05) is 109 Å². The average molecular weight is 386 g/mol. The number of rotatable bonds is 5. The fourth-order valence-corrected chi connectivity index (χ4v) is 3.95. The van der Waals surface area contributed by atoms with Crippen molar-refractivity contribution in [1.82, 2.24) is 4.98 Å². The van der Waals surface area contributed by atoms with Crippen LogP contribution in [0.3, 0.4) is 0 Å². The smallest absolute Gasteiger partial charge is 0.0741 e. The Kier molecular flexibility index (Phi) is 5.10. The van der Waals surface area contributed by atoms with Gasteiger partial charge in [0, 0.05) is 10.9 Å². The van der Waals surface area contributed by atoms with Crippen LogP contribution in [0.4, 0.5) is 0 Å². The van der Waals surface area contributed by atoms with E-state index in [0.29, 0.717) is 0 Å². The Morgan fingerprint density at radius 1 is 0.467 bits per heavy atom. The second-order valence-electron chi connectivity index (χ2n) is 7.61. The molecule has 0 saturated carbocycles. The molecule has 1 heteroatoms. The lowest BCUT2D eigenvalue weighted by Crippen LogP contribution is -1.95. The Morgan fingerprint density at radius 3 is 1.87 bits per heavy atom. The van der Waals surface area contributed by atoms with Crippen molar-refractivity contribution in [2.24, 2.45) is 0 Å². The third-order valence-corrected chi connectivity index (χ3v) is 5.62. The Balaban J connectivity index is 1.39. The molecule has 1 nitrogen and oxygen atoms in total. The molecule has 0 aliphatic heterocycles. The monoisotopic (exact) mass is 385 g/mol. The minimum absolute atomic E-state index is 0.979. The van der Waals surface area contributed by atoms with Crippen LogP contribution in [0, 0.1) is 0 Å². The van der Waals surface area contributed by atoms with Gasteiger partial charge in [0.15, 0.2) is 0 Å². The fraction of sp³-hybridized carbons (Fsp3) is 0.0690. The van der Waals surface area contributed by atoms with Crippen LogP contribution in [0.25, 0.3) is 33.3 Å². The van der Waals surface area contributed by atoms with Gasteiger partial charge in [0.1, 0.15) is 0 Å². The summed E-state index contributed by atoms with van der Waals surface area (Å²) in [5, 5.41) is 1.20. The molecule has 4 aromatic carbocycles. The number of hydrogen-bond acceptors (Lipinski definition) is 1. The van der Waals surface area contributed by atoms with Crippen LogP contribution < -0.4 is 0 Å². The van der Waals surface area contributed by atoms with Crippen molar-refractivity contribution >= 4 is 10.9 Å². The van der Waals surface area contributed by atoms with Crippen molar-refractivity contribution in [2.45, 2.75) is 12.8 Å². The predicted molar refractivity (Wildman–Crippen MR) is 126 cm³/mol. The predicted octanol–water partition coefficient (Wildman–Crippen LogP) is 7.35. The minimum Gasteiger partial charge on any atom is -0.248 e. The molecule has 5 rings (SSSR count). The maximum absolute atomic E-state index is 5.01. The summed E-state index contributed by atoms with van der Waals surface area (Å²) in [7, 11) is 0. The Hall–Kier alpha value is -3.71. The summed E-state index contributed by atoms with van der Waals surface area (Å²) < 4.78 is 0. The number of hydrogen-bond donors (Lipinski definition) is 0. The van der Waals surface area contributed by atoms with Crippen LogP contribution in [0.5, 0.6) is 0 Å². The molecular weight excluding hydrogens is 362 g/mol. The van der Waals surface area contributed by atoms with Crippen LogP contribution in [0.15, 0.2) is 115 Å². The molecule has 0 N–H and O–H groups in total. The highest BCUT2D eigenvalue weighted by Crippen LogP contribution is 2.25. The second-order valence-corrected chi connectivity index (χ2v) is 7.61. The summed E-state index contributed by atoms with van der Waals surface area (Å²) in [6.45, 7) is 0. The van der Waals surface area contributed by atoms with E-state index < -0.39 is 0 Å². The van der Waals surface area contributed by atoms with E-state index in [2.05, 4.69) is 109 Å². The molecule has 0 fully saturated rings. The van der Waals surface area contributed by atoms with Crippen LogP contribution in [0.1, 0.15) is 11.1 Å². The molecule has 0 unspecified atom stereocenters. The molecule has 1 heterocycles. The maximum atomic E-state index is 5.01. The van der Waals surface area contributed by atoms with Crippen LogP contribution in [-0.4, -0.2) is 4.98 Å². The molecule has 30 heavy (non-hydrogen) atoms. The lowest BCUT2D eigenvalue weighted by Gasteiger charge is -2.09. The summed E-state index contributed by atoms with van der Waals surface area (Å²) >= 11 is 0. The number of fused-ring (bicyclic) bond motifs is 1. The van der Waals surface area contributed by atoms with Crippen LogP contribution >= 0.6 is 0 Å². The molecule has 1 aromatic heterocycles. The summed E-state index contributed by atoms with van der Waals surface area (Å²) in [4.78, 5) is 5.01. The van der Waals surface area contributed by atoms with Gasteiger partial charge < -0.3 is 0 Å². The summed E-state index contributed by atoms with van der Waals surface area (Å²) in [5.74, 6) is 0. The Bertz CT molecular complexity index is 1260. The third-order valence-electron chi connectivity index (χ3n) is 5.62. The zero-order valence-corrected chi connectivity index (χ0v) is 16.8. The zero-order valence-electron chi connectivity index (χ0n) is 16.8. The number of aromatic nitrogens is 1. The molecule has 0 atom stereocenters. The van der Waals surface area contributed by atoms with Crippen molar-refractivity contribution in [3.8, 4) is 22.4 Å². The van der Waals surface area contributed by atoms with Gasteiger partial charge in [-0.05, 0) is 41.2 Å². The highest BCUT2D eigenvalue weighted by molar-refractivity contribution is 5.84. The van der Waals surface area contributed by atoms with E-state index in [-0.39, 0.29) is 0 Å². The first-order valence-corrected chi connectivity index (χ1v) is 10.5. The van der Waals surface area contributed by atoms with Crippen molar-refractivity contribution in [3.63, 3.8) is 0 Å². The SMILES string of the molecule is c1ccc(-c2ccc(CCc3cccc4ccc(-c5ccccc5)nc34)cc2)cc1. The van der Waals surface area contributed by atoms with Gasteiger partial charge >= 0.3 is 0 Å². The van der Waals surface area contributed by atoms with Crippen molar-refractivity contribution in [2.75, 3.05) is 0 Å². The van der Waals surface area contributed by atoms with Gasteiger partial charge in [0.2, 0.25) is 0 Å². The van der Waals surface area contributed by atoms with E-state index in [0.717, 1.165) is 29.6 Å². The molecule has 0 spiro atoms. The first-order valence-electron chi connectivity index (χ1n) is 10.5. The van der Waals surface area contributed by atoms with E-state index in [1.165, 1.54) is 27.6 Å². The Labute approximate surface area is 177 Å². The second kappa shape index (κ2) is 8.34. The highest BCUT2D eigenvalue weighted by atomic mass is 14.7. The molecule has 0 amide bonds. The lowest BCUT2D eigenvalue weighted by atomic mass is 9.99. The third kappa shape index (κ3) is 3.88. The van der Waals surface area contributed by atoms with E-state index in [9.17, 15) is 0 Å². The largest absolute Gasteiger partial charge is 0.248 e. The van der Waals surface area contributed by atoms with Gasteiger partial charge in [-0.15, -0.1) is 0 Å². The molecule has 0 saturated heterocycles. The van der Waals surface area contributed by atoms with Crippen molar-refractivity contribution in [3.05, 3.63) is 126 Å². The first-order chi connectivity index (χ1) is 14.9. The van der Waals surface area contributed by atoms with Gasteiger partial charge in [-0.3, -0.25) is 0 Å². The summed E-state index contributed by atoms with van der Waals surface area (Å²) in [6.07, 6.45) is 1.98. The van der Waals surface area contributed by atoms with Crippen molar-refractivity contribution < 1.29 is 0 Å². The number of benzene rings is 4. The zero-order chi connectivity index (χ0) is 20.2. The summed E-state index contributed by atoms with van der Waals surface area (Å²) in [5.41, 5.74) is 8.48. The standard InChI is InChI=1S/C29H23N/c1-3-8-23(9-4-1)24-17-14-22(15-18-24)16-19-26-12-7-13-27-20-21-28(30-29(26)27)25-10-5-2-6-11-25/h1-15,17-18,20-21H,16,19H2. The average Bonchev–Trinajstić information content (AvgIpc) is 2.84. The van der Waals surface area contributed by atoms with Gasteiger partial charge in [0.25, 0.3) is 0 Å². The van der Waals surface area contributed by atoms with Crippen LogP contribution in [-0.2, 0) is 12.8 Å². The maximum Gasteiger partial charge on any atom is 0.0741 e. The number of pyridine rings is 1. The first kappa shape index (κ1) is 18.3. The molecule has 0 radical (unpaired) electrons. The highest BCUT2D eigenvalue weighted by Gasteiger charge is 2.06. The normalized spacial score (nSPS) is 10.9. The topological polar surface area (TPSA) is 12.9 Å². The van der Waals surface area contributed by atoms with Gasteiger partial charge in [-0.25, -0.2) is 4.98 Å². The molecular formula is C29H23N. The minimum atomic E-state index is 0.979. The van der Waals surface area contributed by atoms with Crippen molar-refractivity contribution in [1.29, 1.82) is 0 Å². The number of para-hydroxylation sites is 1. The quantitative estimate of drug-likeness (QED) is 0.308. The Morgan fingerprint density at radius 2 is 1.13 bits per heavy atom. The van der Waals surface area contributed by atoms with Gasteiger partial charge in [-0.2, -0.15) is 0 Å². The number of nitrogens with zero attached hydrogens (tertiary/aromatic N) is 1. The van der Waals surface area contributed by atoms with Gasteiger partial charge in [0.05, 0.1) is 11.2 Å². The van der Waals surface area contributed by atoms with E-state index in [1.807, 2.05) is 6.07 Å². The van der Waals surface area contributed by atoms with E-state index in [4.69, 9.17) is 4.98 Å². The summed E-state index contributed by atoms with van der Waals surface area (Å²) in [6, 6.07) is 40.7. The van der Waals surface area contributed by atoms with E-state index in [1.54, 1.807) is 0 Å². The molecule has 0 aliphatic carbocycles. The van der Waals surface area contributed by atoms with Crippen LogP contribution in [0.2, 0.25) is 0 Å². The molecule has 0 bridgehead atoms. The van der Waals surface area contributed by atoms with E-state index >= 15 is 0 Å².